The van der Waals surface area contributed by atoms with E-state index in [9.17, 15) is 4.79 Å². The van der Waals surface area contributed by atoms with E-state index >= 15 is 0 Å². The van der Waals surface area contributed by atoms with Crippen molar-refractivity contribution in [2.45, 2.75) is 52.3 Å². The second-order valence-electron chi connectivity index (χ2n) is 5.54. The number of carbonyl (C=O) groups excluding carboxylic acids is 1. The smallest absolute Gasteiger partial charge is 0.410 e. The van der Waals surface area contributed by atoms with Crippen LogP contribution in [-0.2, 0) is 17.7 Å². The Morgan fingerprint density at radius 3 is 2.94 bits per heavy atom. The summed E-state index contributed by atoms with van der Waals surface area (Å²) in [6.45, 7) is 8.20. The zero-order chi connectivity index (χ0) is 12.6. The van der Waals surface area contributed by atoms with E-state index in [1.54, 1.807) is 4.90 Å². The first-order valence-corrected chi connectivity index (χ1v) is 5.87. The van der Waals surface area contributed by atoms with Crippen LogP contribution in [0.15, 0.2) is 6.20 Å². The van der Waals surface area contributed by atoms with Gasteiger partial charge in [-0.3, -0.25) is 10.00 Å². The van der Waals surface area contributed by atoms with E-state index in [-0.39, 0.29) is 12.1 Å². The van der Waals surface area contributed by atoms with E-state index in [4.69, 9.17) is 4.74 Å². The first-order valence-electron chi connectivity index (χ1n) is 5.87. The number of aromatic nitrogens is 2. The van der Waals surface area contributed by atoms with Gasteiger partial charge in [0.25, 0.3) is 0 Å². The maximum atomic E-state index is 12.0. The van der Waals surface area contributed by atoms with Gasteiger partial charge in [-0.1, -0.05) is 0 Å². The van der Waals surface area contributed by atoms with E-state index in [0.29, 0.717) is 6.54 Å². The van der Waals surface area contributed by atoms with Crippen molar-refractivity contribution in [3.05, 3.63) is 17.5 Å². The summed E-state index contributed by atoms with van der Waals surface area (Å²) < 4.78 is 5.39. The van der Waals surface area contributed by atoms with Gasteiger partial charge >= 0.3 is 6.09 Å². The van der Waals surface area contributed by atoms with Gasteiger partial charge in [0.2, 0.25) is 0 Å². The number of hydrogen-bond donors (Lipinski definition) is 1. The van der Waals surface area contributed by atoms with Gasteiger partial charge in [-0.2, -0.15) is 5.10 Å². The maximum Gasteiger partial charge on any atom is 0.410 e. The second-order valence-corrected chi connectivity index (χ2v) is 5.54. The quantitative estimate of drug-likeness (QED) is 0.751. The molecule has 1 aromatic heterocycles. The number of nitrogens with zero attached hydrogens (tertiary/aromatic N) is 2. The number of ether oxygens (including phenoxy) is 1. The molecule has 1 aliphatic heterocycles. The monoisotopic (exact) mass is 237 g/mol. The van der Waals surface area contributed by atoms with Gasteiger partial charge in [-0.25, -0.2) is 4.79 Å². The SMILES string of the molecule is C[C@@H]1Cc2cn[nH]c2CN1C(=O)OC(C)(C)C. The molecule has 1 amide bonds. The van der Waals surface area contributed by atoms with Gasteiger partial charge in [0.1, 0.15) is 5.60 Å². The first-order chi connectivity index (χ1) is 7.87. The molecule has 5 heteroatoms. The molecule has 1 N–H and O–H groups in total. The van der Waals surface area contributed by atoms with Crippen LogP contribution < -0.4 is 0 Å². The van der Waals surface area contributed by atoms with E-state index in [1.807, 2.05) is 33.9 Å². The third-order valence-corrected chi connectivity index (χ3v) is 2.81. The fourth-order valence-corrected chi connectivity index (χ4v) is 1.97. The summed E-state index contributed by atoms with van der Waals surface area (Å²) in [5, 5.41) is 6.93. The van der Waals surface area contributed by atoms with Crippen molar-refractivity contribution in [1.29, 1.82) is 0 Å². The van der Waals surface area contributed by atoms with Gasteiger partial charge in [0.15, 0.2) is 0 Å². The molecule has 0 radical (unpaired) electrons. The number of carbonyl (C=O) groups is 1. The molecule has 5 nitrogen and oxygen atoms in total. The lowest BCUT2D eigenvalue weighted by Gasteiger charge is -2.34. The molecule has 0 aliphatic carbocycles. The lowest BCUT2D eigenvalue weighted by Crippen LogP contribution is -2.45. The van der Waals surface area contributed by atoms with Gasteiger partial charge in [0.05, 0.1) is 18.4 Å². The molecule has 0 saturated heterocycles. The molecule has 0 bridgehead atoms. The molecule has 0 saturated carbocycles. The number of fused-ring (bicyclic) bond motifs is 1. The molecule has 0 spiro atoms. The van der Waals surface area contributed by atoms with Gasteiger partial charge in [0, 0.05) is 6.04 Å². The molecular formula is C12H19N3O2. The average molecular weight is 237 g/mol. The third kappa shape index (κ3) is 2.60. The summed E-state index contributed by atoms with van der Waals surface area (Å²) in [6, 6.07) is 0.148. The Hall–Kier alpha value is -1.52. The summed E-state index contributed by atoms with van der Waals surface area (Å²) in [6.07, 6.45) is 2.40. The van der Waals surface area contributed by atoms with Crippen LogP contribution in [0.3, 0.4) is 0 Å². The summed E-state index contributed by atoms with van der Waals surface area (Å²) in [5.41, 5.74) is 1.75. The van der Waals surface area contributed by atoms with Crippen molar-refractivity contribution < 1.29 is 9.53 Å². The number of aromatic amines is 1. The molecule has 94 valence electrons. The van der Waals surface area contributed by atoms with Crippen LogP contribution >= 0.6 is 0 Å². The molecule has 1 aliphatic rings. The average Bonchev–Trinajstić information content (AvgIpc) is 2.60. The first kappa shape index (κ1) is 12.0. The highest BCUT2D eigenvalue weighted by atomic mass is 16.6. The van der Waals surface area contributed by atoms with Crippen LogP contribution in [0.5, 0.6) is 0 Å². The minimum absolute atomic E-state index is 0.148. The fraction of sp³-hybridized carbons (Fsp3) is 0.667. The topological polar surface area (TPSA) is 58.2 Å². The molecule has 17 heavy (non-hydrogen) atoms. The van der Waals surface area contributed by atoms with Crippen LogP contribution in [-0.4, -0.2) is 32.8 Å². The lowest BCUT2D eigenvalue weighted by atomic mass is 10.0. The highest BCUT2D eigenvalue weighted by Gasteiger charge is 2.31. The van der Waals surface area contributed by atoms with Crippen molar-refractivity contribution in [2.75, 3.05) is 0 Å². The molecule has 0 fully saturated rings. The molecule has 1 atom stereocenters. The van der Waals surface area contributed by atoms with Gasteiger partial charge in [-0.05, 0) is 39.7 Å². The van der Waals surface area contributed by atoms with Gasteiger partial charge in [-0.15, -0.1) is 0 Å². The summed E-state index contributed by atoms with van der Waals surface area (Å²) in [7, 11) is 0. The van der Waals surface area contributed by atoms with E-state index in [2.05, 4.69) is 10.2 Å². The van der Waals surface area contributed by atoms with E-state index < -0.39 is 5.60 Å². The Labute approximate surface area is 101 Å². The molecule has 2 rings (SSSR count). The Morgan fingerprint density at radius 2 is 2.29 bits per heavy atom. The van der Waals surface area contributed by atoms with Crippen molar-refractivity contribution in [3.63, 3.8) is 0 Å². The zero-order valence-electron chi connectivity index (χ0n) is 10.8. The molecule has 0 aromatic carbocycles. The van der Waals surface area contributed by atoms with Crippen molar-refractivity contribution >= 4 is 6.09 Å². The Bertz CT molecular complexity index is 420. The second kappa shape index (κ2) is 4.05. The van der Waals surface area contributed by atoms with Crippen LogP contribution in [0.4, 0.5) is 4.79 Å². The predicted octanol–water partition coefficient (Wildman–Crippen LogP) is 2.09. The number of nitrogens with one attached hydrogen (secondary N) is 1. The van der Waals surface area contributed by atoms with Crippen LogP contribution in [0.25, 0.3) is 0 Å². The number of rotatable bonds is 0. The largest absolute Gasteiger partial charge is 0.444 e. The van der Waals surface area contributed by atoms with Gasteiger partial charge < -0.3 is 4.74 Å². The molecule has 2 heterocycles. The predicted molar refractivity (Wildman–Crippen MR) is 63.5 cm³/mol. The summed E-state index contributed by atoms with van der Waals surface area (Å²) in [4.78, 5) is 13.8. The minimum Gasteiger partial charge on any atom is -0.444 e. The number of hydrogen-bond acceptors (Lipinski definition) is 3. The standard InChI is InChI=1S/C12H19N3O2/c1-8-5-9-6-13-14-10(9)7-15(8)11(16)17-12(2,3)4/h6,8H,5,7H2,1-4H3,(H,13,14)/t8-/m1/s1. The van der Waals surface area contributed by atoms with Crippen molar-refractivity contribution in [3.8, 4) is 0 Å². The highest BCUT2D eigenvalue weighted by molar-refractivity contribution is 5.69. The Balaban J connectivity index is 2.10. The van der Waals surface area contributed by atoms with Crippen LogP contribution in [0.1, 0.15) is 39.0 Å². The van der Waals surface area contributed by atoms with E-state index in [0.717, 1.165) is 12.1 Å². The van der Waals surface area contributed by atoms with Crippen molar-refractivity contribution in [2.24, 2.45) is 0 Å². The van der Waals surface area contributed by atoms with E-state index in [1.165, 1.54) is 5.56 Å². The number of H-pyrrole nitrogens is 1. The third-order valence-electron chi connectivity index (χ3n) is 2.81. The summed E-state index contributed by atoms with van der Waals surface area (Å²) in [5.74, 6) is 0. The zero-order valence-corrected chi connectivity index (χ0v) is 10.8. The number of amides is 1. The molecular weight excluding hydrogens is 218 g/mol. The van der Waals surface area contributed by atoms with Crippen LogP contribution in [0.2, 0.25) is 0 Å². The highest BCUT2D eigenvalue weighted by Crippen LogP contribution is 2.23. The Morgan fingerprint density at radius 1 is 1.59 bits per heavy atom. The maximum absolute atomic E-state index is 12.0. The normalized spacial score (nSPS) is 20.0. The molecule has 1 aromatic rings. The fourth-order valence-electron chi connectivity index (χ4n) is 1.97. The lowest BCUT2D eigenvalue weighted by molar-refractivity contribution is 0.0135. The minimum atomic E-state index is -0.453. The van der Waals surface area contributed by atoms with Crippen molar-refractivity contribution in [1.82, 2.24) is 15.1 Å². The van der Waals surface area contributed by atoms with Crippen LogP contribution in [0, 0.1) is 0 Å². The Kier molecular flexibility index (Phi) is 2.85. The molecule has 0 unspecified atom stereocenters. The summed E-state index contributed by atoms with van der Waals surface area (Å²) >= 11 is 0.